The highest BCUT2D eigenvalue weighted by molar-refractivity contribution is 7.99. The van der Waals surface area contributed by atoms with Crippen LogP contribution < -0.4 is 0 Å². The molecule has 0 radical (unpaired) electrons. The van der Waals surface area contributed by atoms with Crippen LogP contribution in [0, 0.1) is 0 Å². The van der Waals surface area contributed by atoms with Crippen LogP contribution in [0.2, 0.25) is 0 Å². The molecule has 0 saturated carbocycles. The molecule has 2 atom stereocenters. The first kappa shape index (κ1) is 41.3. The third kappa shape index (κ3) is 9.94. The fourth-order valence-electron chi connectivity index (χ4n) is 9.46. The Balaban J connectivity index is 1.11. The molecule has 0 unspecified atom stereocenters. The van der Waals surface area contributed by atoms with Crippen LogP contribution in [0.3, 0.4) is 0 Å². The first-order valence-corrected chi connectivity index (χ1v) is 22.7. The summed E-state index contributed by atoms with van der Waals surface area (Å²) in [6.45, 7) is 11.5. The van der Waals surface area contributed by atoms with Gasteiger partial charge in [-0.15, -0.1) is 0 Å². The molecular weight excluding hydrogens is 741 g/mol. The summed E-state index contributed by atoms with van der Waals surface area (Å²) in [5, 5.41) is 0. The molecule has 304 valence electrons. The monoisotopic (exact) mass is 800 g/mol. The van der Waals surface area contributed by atoms with Gasteiger partial charge in [-0.2, -0.15) is 0 Å². The molecular formula is C54H60N2O2S. The highest BCUT2D eigenvalue weighted by Crippen LogP contribution is 2.42. The second-order valence-corrected chi connectivity index (χ2v) is 17.6. The van der Waals surface area contributed by atoms with Crippen LogP contribution in [-0.4, -0.2) is 49.2 Å². The first-order valence-electron chi connectivity index (χ1n) is 21.9. The SMILES string of the molecule is CCCc1c(C[C@@]2(c3ccccc3)CN(Cc3ccccc3)CCO2)cccc1Sc1cccc(C[C@@]2(c3ccccc3)CN(Cc3ccccc3)CCO2)c1CCC. The van der Waals surface area contributed by atoms with Crippen LogP contribution in [0.5, 0.6) is 0 Å². The summed E-state index contributed by atoms with van der Waals surface area (Å²) < 4.78 is 14.0. The zero-order valence-corrected chi connectivity index (χ0v) is 35.8. The van der Waals surface area contributed by atoms with Crippen LogP contribution in [-0.2, 0) is 59.4 Å². The molecule has 6 aromatic rings. The van der Waals surface area contributed by atoms with Crippen LogP contribution >= 0.6 is 11.8 Å². The Morgan fingerprint density at radius 2 is 0.864 bits per heavy atom. The number of hydrogen-bond acceptors (Lipinski definition) is 5. The van der Waals surface area contributed by atoms with Gasteiger partial charge < -0.3 is 9.47 Å². The van der Waals surface area contributed by atoms with Crippen molar-refractivity contribution in [3.8, 4) is 0 Å². The average Bonchev–Trinajstić information content (AvgIpc) is 3.27. The smallest absolute Gasteiger partial charge is 0.110 e. The largest absolute Gasteiger partial charge is 0.367 e. The van der Waals surface area contributed by atoms with E-state index in [0.29, 0.717) is 13.2 Å². The molecule has 2 heterocycles. The number of hydrogen-bond donors (Lipinski definition) is 0. The molecule has 2 aliphatic rings. The molecule has 4 nitrogen and oxygen atoms in total. The first-order chi connectivity index (χ1) is 29.1. The lowest BCUT2D eigenvalue weighted by molar-refractivity contribution is -0.117. The lowest BCUT2D eigenvalue weighted by atomic mass is 9.83. The molecule has 0 bridgehead atoms. The van der Waals surface area contributed by atoms with E-state index in [0.717, 1.165) is 77.8 Å². The van der Waals surface area contributed by atoms with Crippen molar-refractivity contribution in [2.45, 2.75) is 86.5 Å². The maximum Gasteiger partial charge on any atom is 0.110 e. The van der Waals surface area contributed by atoms with Gasteiger partial charge in [0.25, 0.3) is 0 Å². The van der Waals surface area contributed by atoms with E-state index in [1.807, 2.05) is 11.8 Å². The third-order valence-corrected chi connectivity index (χ3v) is 13.5. The van der Waals surface area contributed by atoms with Crippen molar-refractivity contribution in [2.75, 3.05) is 39.4 Å². The van der Waals surface area contributed by atoms with Crippen molar-refractivity contribution < 1.29 is 9.47 Å². The van der Waals surface area contributed by atoms with Crippen LogP contribution in [0.15, 0.2) is 168 Å². The summed E-state index contributed by atoms with van der Waals surface area (Å²) in [6, 6.07) is 57.8. The van der Waals surface area contributed by atoms with Crippen LogP contribution in [0.1, 0.15) is 71.2 Å². The van der Waals surface area contributed by atoms with Gasteiger partial charge in [-0.1, -0.05) is 184 Å². The molecule has 5 heteroatoms. The molecule has 2 saturated heterocycles. The Bertz CT molecular complexity index is 2060. The quantitative estimate of drug-likeness (QED) is 0.0971. The zero-order valence-electron chi connectivity index (χ0n) is 35.0. The van der Waals surface area contributed by atoms with E-state index in [2.05, 4.69) is 181 Å². The fourth-order valence-corrected chi connectivity index (χ4v) is 10.7. The summed E-state index contributed by atoms with van der Waals surface area (Å²) in [7, 11) is 0. The van der Waals surface area contributed by atoms with E-state index in [1.54, 1.807) is 0 Å². The maximum absolute atomic E-state index is 6.98. The Kier molecular flexibility index (Phi) is 13.8. The van der Waals surface area contributed by atoms with Gasteiger partial charge in [0.1, 0.15) is 11.2 Å². The predicted molar refractivity (Wildman–Crippen MR) is 244 cm³/mol. The van der Waals surface area contributed by atoms with Gasteiger partial charge >= 0.3 is 0 Å². The van der Waals surface area contributed by atoms with Gasteiger partial charge in [0.15, 0.2) is 0 Å². The minimum Gasteiger partial charge on any atom is -0.367 e. The van der Waals surface area contributed by atoms with E-state index in [-0.39, 0.29) is 0 Å². The summed E-state index contributed by atoms with van der Waals surface area (Å²) in [5.41, 5.74) is 10.1. The van der Waals surface area contributed by atoms with E-state index < -0.39 is 11.2 Å². The third-order valence-electron chi connectivity index (χ3n) is 12.3. The molecule has 59 heavy (non-hydrogen) atoms. The molecule has 0 aliphatic carbocycles. The molecule has 0 N–H and O–H groups in total. The number of ether oxygens (including phenoxy) is 2. The molecule has 2 fully saturated rings. The van der Waals surface area contributed by atoms with Crippen molar-refractivity contribution in [1.29, 1.82) is 0 Å². The van der Waals surface area contributed by atoms with Crippen molar-refractivity contribution in [3.63, 3.8) is 0 Å². The van der Waals surface area contributed by atoms with Gasteiger partial charge in [0.2, 0.25) is 0 Å². The average molecular weight is 801 g/mol. The Hall–Kier alpha value is -4.49. The molecule has 8 rings (SSSR count). The Labute approximate surface area is 357 Å². The highest BCUT2D eigenvalue weighted by atomic mass is 32.2. The Morgan fingerprint density at radius 3 is 1.25 bits per heavy atom. The highest BCUT2D eigenvalue weighted by Gasteiger charge is 2.41. The van der Waals surface area contributed by atoms with Gasteiger partial charge in [0.05, 0.1) is 13.2 Å². The lowest BCUT2D eigenvalue weighted by Crippen LogP contribution is -2.50. The number of nitrogens with zero attached hydrogens (tertiary/aromatic N) is 2. The zero-order chi connectivity index (χ0) is 40.3. The second kappa shape index (κ2) is 19.7. The minimum absolute atomic E-state index is 0.437. The molecule has 0 amide bonds. The summed E-state index contributed by atoms with van der Waals surface area (Å²) in [4.78, 5) is 7.90. The number of morpholine rings is 2. The minimum atomic E-state index is -0.437. The summed E-state index contributed by atoms with van der Waals surface area (Å²) in [5.74, 6) is 0. The van der Waals surface area contributed by atoms with Crippen molar-refractivity contribution in [2.24, 2.45) is 0 Å². The molecule has 0 aromatic heterocycles. The van der Waals surface area contributed by atoms with Crippen LogP contribution in [0.25, 0.3) is 0 Å². The molecule has 0 spiro atoms. The number of rotatable bonds is 16. The topological polar surface area (TPSA) is 24.9 Å². The van der Waals surface area contributed by atoms with E-state index in [4.69, 9.17) is 9.47 Å². The molecule has 6 aromatic carbocycles. The van der Waals surface area contributed by atoms with E-state index in [9.17, 15) is 0 Å². The molecule has 2 aliphatic heterocycles. The van der Waals surface area contributed by atoms with Crippen molar-refractivity contribution in [3.05, 3.63) is 202 Å². The van der Waals surface area contributed by atoms with Crippen molar-refractivity contribution in [1.82, 2.24) is 9.80 Å². The number of benzene rings is 6. The maximum atomic E-state index is 6.98. The van der Waals surface area contributed by atoms with Gasteiger partial charge in [-0.05, 0) is 69.5 Å². The summed E-state index contributed by atoms with van der Waals surface area (Å²) in [6.07, 6.45) is 5.91. The normalized spacial score (nSPS) is 20.1. The van der Waals surface area contributed by atoms with Gasteiger partial charge in [-0.3, -0.25) is 9.80 Å². The van der Waals surface area contributed by atoms with E-state index in [1.165, 1.54) is 54.3 Å². The standard InChI is InChI=1S/C54H60N2O2S/c1-3-19-49-45(37-53(47-27-13-7-14-28-47)41-55(33-35-57-53)39-43-21-9-5-10-22-43)25-17-31-51(49)59-52-32-18-26-46(50(52)20-4-2)38-54(48-29-15-8-16-30-48)42-56(34-36-58-54)40-44-23-11-6-12-24-44/h5-18,21-32H,3-4,19-20,33-42H2,1-2H3/t53-,54-/m0/s1. The van der Waals surface area contributed by atoms with E-state index >= 15 is 0 Å². The van der Waals surface area contributed by atoms with Crippen LogP contribution in [0.4, 0.5) is 0 Å². The fraction of sp³-hybridized carbons (Fsp3) is 0.333. The lowest BCUT2D eigenvalue weighted by Gasteiger charge is -2.44. The van der Waals surface area contributed by atoms with Crippen molar-refractivity contribution >= 4 is 11.8 Å². The van der Waals surface area contributed by atoms with Gasteiger partial charge in [-0.25, -0.2) is 0 Å². The second-order valence-electron chi connectivity index (χ2n) is 16.6. The predicted octanol–water partition coefficient (Wildman–Crippen LogP) is 11.7. The van der Waals surface area contributed by atoms with Gasteiger partial charge in [0, 0.05) is 61.9 Å². The summed E-state index contributed by atoms with van der Waals surface area (Å²) >= 11 is 1.96. The Morgan fingerprint density at radius 1 is 0.475 bits per heavy atom.